The molecule has 0 atom stereocenters. The molecule has 1 amide bonds. The van der Waals surface area contributed by atoms with Crippen LogP contribution in [0.15, 0.2) is 53.4 Å². The van der Waals surface area contributed by atoms with Crippen molar-refractivity contribution in [1.29, 1.82) is 0 Å². The summed E-state index contributed by atoms with van der Waals surface area (Å²) in [6.07, 6.45) is 6.32. The first-order valence-corrected chi connectivity index (χ1v) is 12.5. The predicted molar refractivity (Wildman–Crippen MR) is 119 cm³/mol. The van der Waals surface area contributed by atoms with Gasteiger partial charge in [-0.3, -0.25) is 4.79 Å². The number of nitrogens with one attached hydrogen (secondary N) is 1. The minimum atomic E-state index is -3.62. The Morgan fingerprint density at radius 3 is 2.35 bits per heavy atom. The second kappa shape index (κ2) is 9.94. The molecule has 1 heterocycles. The number of hydrogen-bond donors (Lipinski definition) is 1. The predicted octanol–water partition coefficient (Wildman–Crippen LogP) is 3.69. The number of nitrogens with zero attached hydrogens (tertiary/aromatic N) is 1. The van der Waals surface area contributed by atoms with Gasteiger partial charge in [0.25, 0.3) is 5.91 Å². The van der Waals surface area contributed by atoms with E-state index < -0.39 is 10.0 Å². The summed E-state index contributed by atoms with van der Waals surface area (Å²) in [5.74, 6) is 0.400. The van der Waals surface area contributed by atoms with Gasteiger partial charge in [0, 0.05) is 25.2 Å². The fraction of sp³-hybridized carbons (Fsp3) is 0.458. The molecule has 0 aromatic heterocycles. The number of sulfonamides is 1. The highest BCUT2D eigenvalue weighted by atomic mass is 32.2. The molecule has 6 nitrogen and oxygen atoms in total. The summed E-state index contributed by atoms with van der Waals surface area (Å²) in [5, 5.41) is 2.88. The molecule has 0 spiro atoms. The lowest BCUT2D eigenvalue weighted by Gasteiger charge is -2.27. The molecule has 0 bridgehead atoms. The van der Waals surface area contributed by atoms with Gasteiger partial charge < -0.3 is 10.1 Å². The van der Waals surface area contributed by atoms with Gasteiger partial charge in [0.2, 0.25) is 10.0 Å². The average Bonchev–Trinajstić information content (AvgIpc) is 2.84. The molecule has 2 aromatic carbocycles. The summed E-state index contributed by atoms with van der Waals surface area (Å²) in [5.41, 5.74) is 2.48. The van der Waals surface area contributed by atoms with Gasteiger partial charge in [0.05, 0.1) is 18.1 Å². The van der Waals surface area contributed by atoms with E-state index in [2.05, 4.69) is 17.4 Å². The van der Waals surface area contributed by atoms with E-state index in [-0.39, 0.29) is 17.3 Å². The SMILES string of the molecule is O=C(NCc1ccccc1S(=O)(=O)N1CCOCC1)c1ccc(C2CCCCC2)cc1. The van der Waals surface area contributed by atoms with E-state index in [0.717, 1.165) is 0 Å². The largest absolute Gasteiger partial charge is 0.379 e. The number of hydrogen-bond acceptors (Lipinski definition) is 4. The molecule has 1 aliphatic heterocycles. The Bertz CT molecular complexity index is 992. The molecule has 1 N–H and O–H groups in total. The fourth-order valence-electron chi connectivity index (χ4n) is 4.45. The Morgan fingerprint density at radius 1 is 0.968 bits per heavy atom. The minimum absolute atomic E-state index is 0.156. The third-order valence-corrected chi connectivity index (χ3v) is 8.25. The number of carbonyl (C=O) groups is 1. The first-order valence-electron chi connectivity index (χ1n) is 11.1. The van der Waals surface area contributed by atoms with Gasteiger partial charge in [-0.05, 0) is 48.1 Å². The number of morpholine rings is 1. The van der Waals surface area contributed by atoms with Crippen molar-refractivity contribution in [2.24, 2.45) is 0 Å². The normalized spacial score (nSPS) is 18.6. The first-order chi connectivity index (χ1) is 15.1. The van der Waals surface area contributed by atoms with E-state index in [1.165, 1.54) is 42.0 Å². The minimum Gasteiger partial charge on any atom is -0.379 e. The van der Waals surface area contributed by atoms with Crippen molar-refractivity contribution in [2.75, 3.05) is 26.3 Å². The number of rotatable bonds is 6. The smallest absolute Gasteiger partial charge is 0.251 e. The van der Waals surface area contributed by atoms with Crippen LogP contribution in [0.1, 0.15) is 59.5 Å². The number of amides is 1. The summed E-state index contributed by atoms with van der Waals surface area (Å²) in [6.45, 7) is 1.64. The van der Waals surface area contributed by atoms with E-state index in [0.29, 0.717) is 43.3 Å². The molecular formula is C24H30N2O4S. The van der Waals surface area contributed by atoms with Crippen molar-refractivity contribution in [2.45, 2.75) is 49.5 Å². The summed E-state index contributed by atoms with van der Waals surface area (Å²) in [4.78, 5) is 12.9. The van der Waals surface area contributed by atoms with Crippen molar-refractivity contribution in [3.63, 3.8) is 0 Å². The Labute approximate surface area is 184 Å². The van der Waals surface area contributed by atoms with E-state index in [9.17, 15) is 13.2 Å². The molecule has 166 valence electrons. The number of benzene rings is 2. The van der Waals surface area contributed by atoms with Gasteiger partial charge >= 0.3 is 0 Å². The van der Waals surface area contributed by atoms with E-state index in [4.69, 9.17) is 4.74 Å². The van der Waals surface area contributed by atoms with Gasteiger partial charge in [-0.15, -0.1) is 0 Å². The Balaban J connectivity index is 1.43. The van der Waals surface area contributed by atoms with Crippen molar-refractivity contribution in [3.8, 4) is 0 Å². The number of ether oxygens (including phenoxy) is 1. The van der Waals surface area contributed by atoms with Gasteiger partial charge in [-0.2, -0.15) is 4.31 Å². The highest BCUT2D eigenvalue weighted by molar-refractivity contribution is 7.89. The molecule has 2 fully saturated rings. The fourth-order valence-corrected chi connectivity index (χ4v) is 6.08. The van der Waals surface area contributed by atoms with Crippen LogP contribution < -0.4 is 5.32 Å². The zero-order valence-corrected chi connectivity index (χ0v) is 18.6. The quantitative estimate of drug-likeness (QED) is 0.740. The lowest BCUT2D eigenvalue weighted by molar-refractivity contribution is 0.0730. The Kier molecular flexibility index (Phi) is 7.05. The molecule has 2 aromatic rings. The van der Waals surface area contributed by atoms with Crippen LogP contribution in [0.2, 0.25) is 0 Å². The first kappa shape index (κ1) is 22.0. The molecule has 0 unspecified atom stereocenters. The topological polar surface area (TPSA) is 75.7 Å². The summed E-state index contributed by atoms with van der Waals surface area (Å²) >= 11 is 0. The zero-order valence-electron chi connectivity index (χ0n) is 17.8. The molecule has 0 radical (unpaired) electrons. The van der Waals surface area contributed by atoms with Crippen molar-refractivity contribution in [3.05, 3.63) is 65.2 Å². The Morgan fingerprint density at radius 2 is 1.65 bits per heavy atom. The lowest BCUT2D eigenvalue weighted by atomic mass is 9.84. The van der Waals surface area contributed by atoms with Crippen molar-refractivity contribution in [1.82, 2.24) is 9.62 Å². The summed E-state index contributed by atoms with van der Waals surface area (Å²) < 4.78 is 32.9. The van der Waals surface area contributed by atoms with Gasteiger partial charge in [-0.25, -0.2) is 8.42 Å². The zero-order chi connectivity index (χ0) is 21.7. The summed E-state index contributed by atoms with van der Waals surface area (Å²) in [6, 6.07) is 14.7. The van der Waals surface area contributed by atoms with E-state index >= 15 is 0 Å². The third-order valence-electron chi connectivity index (χ3n) is 6.25. The highest BCUT2D eigenvalue weighted by Gasteiger charge is 2.28. The van der Waals surface area contributed by atoms with Crippen LogP contribution in [0, 0.1) is 0 Å². The van der Waals surface area contributed by atoms with Crippen molar-refractivity contribution >= 4 is 15.9 Å². The molecular weight excluding hydrogens is 412 g/mol. The van der Waals surface area contributed by atoms with Crippen LogP contribution in [0.4, 0.5) is 0 Å². The number of carbonyl (C=O) groups excluding carboxylic acids is 1. The molecule has 31 heavy (non-hydrogen) atoms. The van der Waals surface area contributed by atoms with Crippen molar-refractivity contribution < 1.29 is 17.9 Å². The molecule has 4 rings (SSSR count). The second-order valence-electron chi connectivity index (χ2n) is 8.26. The maximum Gasteiger partial charge on any atom is 0.251 e. The molecule has 1 aliphatic carbocycles. The highest BCUT2D eigenvalue weighted by Crippen LogP contribution is 2.32. The van der Waals surface area contributed by atoms with Gasteiger partial charge in [0.1, 0.15) is 0 Å². The maximum absolute atomic E-state index is 13.1. The van der Waals surface area contributed by atoms with Crippen LogP contribution >= 0.6 is 0 Å². The van der Waals surface area contributed by atoms with Gasteiger partial charge in [-0.1, -0.05) is 49.6 Å². The van der Waals surface area contributed by atoms with Crippen LogP contribution in [0.5, 0.6) is 0 Å². The second-order valence-corrected chi connectivity index (χ2v) is 10.2. The van der Waals surface area contributed by atoms with Gasteiger partial charge in [0.15, 0.2) is 0 Å². The van der Waals surface area contributed by atoms with Crippen LogP contribution in [-0.4, -0.2) is 44.9 Å². The van der Waals surface area contributed by atoms with E-state index in [1.54, 1.807) is 24.3 Å². The molecule has 1 saturated carbocycles. The lowest BCUT2D eigenvalue weighted by Crippen LogP contribution is -2.41. The van der Waals surface area contributed by atoms with E-state index in [1.807, 2.05) is 12.1 Å². The maximum atomic E-state index is 13.1. The standard InChI is InChI=1S/C24H30N2O4S/c27-24(21-12-10-20(11-13-21)19-6-2-1-3-7-19)25-18-22-8-4-5-9-23(22)31(28,29)26-14-16-30-17-15-26/h4-5,8-13,19H,1-3,6-7,14-18H2,(H,25,27). The summed E-state index contributed by atoms with van der Waals surface area (Å²) in [7, 11) is -3.62. The van der Waals surface area contributed by atoms with Crippen LogP contribution in [0.25, 0.3) is 0 Å². The monoisotopic (exact) mass is 442 g/mol. The van der Waals surface area contributed by atoms with Crippen LogP contribution in [-0.2, 0) is 21.3 Å². The average molecular weight is 443 g/mol. The third kappa shape index (κ3) is 5.17. The molecule has 7 heteroatoms. The molecule has 2 aliphatic rings. The van der Waals surface area contributed by atoms with Crippen LogP contribution in [0.3, 0.4) is 0 Å². The molecule has 1 saturated heterocycles. The Hall–Kier alpha value is -2.22.